The molecule has 1 unspecified atom stereocenters. The molecule has 0 bridgehead atoms. The van der Waals surface area contributed by atoms with Crippen LogP contribution in [0.1, 0.15) is 57.9 Å². The van der Waals surface area contributed by atoms with E-state index in [0.29, 0.717) is 6.04 Å². The number of hydrogen-bond donors (Lipinski definition) is 1. The molecule has 1 aromatic rings. The van der Waals surface area contributed by atoms with Crippen LogP contribution in [0.3, 0.4) is 0 Å². The molecular weight excluding hydrogens is 306 g/mol. The van der Waals surface area contributed by atoms with Crippen LogP contribution in [-0.4, -0.2) is 21.7 Å². The first kappa shape index (κ1) is 14.6. The van der Waals surface area contributed by atoms with Crippen molar-refractivity contribution >= 4 is 21.8 Å². The average Bonchev–Trinajstić information content (AvgIpc) is 2.65. The lowest BCUT2D eigenvalue weighted by Crippen LogP contribution is -2.39. The lowest BCUT2D eigenvalue weighted by Gasteiger charge is -2.21. The summed E-state index contributed by atoms with van der Waals surface area (Å²) in [6.07, 6.45) is 11.6. The first-order chi connectivity index (χ1) is 9.20. The highest BCUT2D eigenvalue weighted by Gasteiger charge is 2.22. The minimum atomic E-state index is -0.199. The topological polar surface area (TPSA) is 46.9 Å². The van der Waals surface area contributed by atoms with E-state index in [1.165, 1.54) is 25.7 Å². The maximum absolute atomic E-state index is 12.4. The van der Waals surface area contributed by atoms with Crippen molar-refractivity contribution in [2.45, 2.75) is 64.0 Å². The third kappa shape index (κ3) is 4.06. The summed E-state index contributed by atoms with van der Waals surface area (Å²) in [5.41, 5.74) is 0. The number of halogens is 1. The number of nitrogens with one attached hydrogen (secondary N) is 1. The Morgan fingerprint density at radius 2 is 2.16 bits per heavy atom. The normalized spacial score (nSPS) is 18.8. The van der Waals surface area contributed by atoms with Crippen molar-refractivity contribution in [1.29, 1.82) is 0 Å². The first-order valence-electron chi connectivity index (χ1n) is 7.20. The Balaban J connectivity index is 1.96. The number of hydrogen-bond acceptors (Lipinski definition) is 2. The van der Waals surface area contributed by atoms with Crippen LogP contribution in [0.15, 0.2) is 16.9 Å². The van der Waals surface area contributed by atoms with E-state index >= 15 is 0 Å². The molecule has 0 aliphatic heterocycles. The van der Waals surface area contributed by atoms with Gasteiger partial charge in [0.05, 0.1) is 10.7 Å². The smallest absolute Gasteiger partial charge is 0.245 e. The van der Waals surface area contributed by atoms with Gasteiger partial charge in [-0.05, 0) is 35.2 Å². The second-order valence-corrected chi connectivity index (χ2v) is 6.18. The van der Waals surface area contributed by atoms with E-state index in [1.54, 1.807) is 10.9 Å². The number of aromatic nitrogens is 2. The summed E-state index contributed by atoms with van der Waals surface area (Å²) in [7, 11) is 0. The van der Waals surface area contributed by atoms with Crippen molar-refractivity contribution in [1.82, 2.24) is 15.1 Å². The molecule has 1 atom stereocenters. The minimum Gasteiger partial charge on any atom is -0.352 e. The van der Waals surface area contributed by atoms with Crippen LogP contribution in [0, 0.1) is 0 Å². The molecule has 5 heteroatoms. The van der Waals surface area contributed by atoms with E-state index in [2.05, 4.69) is 26.3 Å². The Morgan fingerprint density at radius 3 is 2.68 bits per heavy atom. The second kappa shape index (κ2) is 7.08. The summed E-state index contributed by atoms with van der Waals surface area (Å²) in [4.78, 5) is 12.4. The largest absolute Gasteiger partial charge is 0.352 e. The number of amides is 1. The Morgan fingerprint density at radius 1 is 1.47 bits per heavy atom. The van der Waals surface area contributed by atoms with E-state index in [-0.39, 0.29) is 11.9 Å². The van der Waals surface area contributed by atoms with Crippen LogP contribution >= 0.6 is 15.9 Å². The van der Waals surface area contributed by atoms with Gasteiger partial charge in [-0.15, -0.1) is 0 Å². The molecule has 1 N–H and O–H groups in total. The minimum absolute atomic E-state index is 0.102. The molecule has 19 heavy (non-hydrogen) atoms. The van der Waals surface area contributed by atoms with Crippen molar-refractivity contribution < 1.29 is 4.79 Å². The van der Waals surface area contributed by atoms with Crippen LogP contribution < -0.4 is 5.32 Å². The van der Waals surface area contributed by atoms with Gasteiger partial charge in [0, 0.05) is 12.2 Å². The summed E-state index contributed by atoms with van der Waals surface area (Å²) in [6.45, 7) is 2.02. The summed E-state index contributed by atoms with van der Waals surface area (Å²) in [6, 6.07) is 0.151. The predicted octanol–water partition coefficient (Wildman–Crippen LogP) is 3.44. The third-order valence-corrected chi connectivity index (χ3v) is 4.19. The highest BCUT2D eigenvalue weighted by Crippen LogP contribution is 2.19. The number of carbonyl (C=O) groups is 1. The van der Waals surface area contributed by atoms with E-state index in [0.717, 1.165) is 23.7 Å². The average molecular weight is 328 g/mol. The van der Waals surface area contributed by atoms with Gasteiger partial charge in [-0.1, -0.05) is 32.6 Å². The zero-order chi connectivity index (χ0) is 13.7. The molecule has 0 spiro atoms. The highest BCUT2D eigenvalue weighted by molar-refractivity contribution is 9.10. The molecule has 1 aliphatic rings. The molecule has 0 aromatic carbocycles. The monoisotopic (exact) mass is 327 g/mol. The maximum Gasteiger partial charge on any atom is 0.245 e. The van der Waals surface area contributed by atoms with Crippen molar-refractivity contribution in [2.24, 2.45) is 0 Å². The fraction of sp³-hybridized carbons (Fsp3) is 0.714. The summed E-state index contributed by atoms with van der Waals surface area (Å²) < 4.78 is 2.66. The van der Waals surface area contributed by atoms with Gasteiger partial charge in [0.15, 0.2) is 0 Å². The van der Waals surface area contributed by atoms with E-state index in [9.17, 15) is 4.79 Å². The third-order valence-electron chi connectivity index (χ3n) is 3.78. The molecule has 0 radical (unpaired) electrons. The van der Waals surface area contributed by atoms with Crippen molar-refractivity contribution in [3.05, 3.63) is 16.9 Å². The maximum atomic E-state index is 12.4. The van der Waals surface area contributed by atoms with Crippen LogP contribution in [0.5, 0.6) is 0 Å². The van der Waals surface area contributed by atoms with Crippen LogP contribution in [0.2, 0.25) is 0 Å². The zero-order valence-electron chi connectivity index (χ0n) is 11.4. The summed E-state index contributed by atoms with van der Waals surface area (Å²) >= 11 is 3.37. The van der Waals surface area contributed by atoms with Gasteiger partial charge in [-0.3, -0.25) is 9.48 Å². The zero-order valence-corrected chi connectivity index (χ0v) is 13.0. The molecular formula is C14H22BrN3O. The van der Waals surface area contributed by atoms with Gasteiger partial charge in [0.2, 0.25) is 5.91 Å². The van der Waals surface area contributed by atoms with Gasteiger partial charge >= 0.3 is 0 Å². The Hall–Kier alpha value is -0.840. The SMILES string of the molecule is CCC(C(=O)NC1CCCCCC1)n1cc(Br)cn1. The highest BCUT2D eigenvalue weighted by atomic mass is 79.9. The van der Waals surface area contributed by atoms with E-state index in [1.807, 2.05) is 13.1 Å². The Labute approximate surface area is 123 Å². The van der Waals surface area contributed by atoms with E-state index < -0.39 is 0 Å². The molecule has 1 saturated carbocycles. The lowest BCUT2D eigenvalue weighted by atomic mass is 10.1. The molecule has 0 saturated heterocycles. The lowest BCUT2D eigenvalue weighted by molar-refractivity contribution is -0.125. The Bertz CT molecular complexity index is 411. The van der Waals surface area contributed by atoms with Gasteiger partial charge in [0.25, 0.3) is 0 Å². The molecule has 4 nitrogen and oxygen atoms in total. The number of rotatable bonds is 4. The molecule has 106 valence electrons. The van der Waals surface area contributed by atoms with Crippen LogP contribution in [-0.2, 0) is 4.79 Å². The second-order valence-electron chi connectivity index (χ2n) is 5.26. The fourth-order valence-electron chi connectivity index (χ4n) is 2.70. The molecule has 1 heterocycles. The molecule has 1 aliphatic carbocycles. The van der Waals surface area contributed by atoms with Gasteiger partial charge < -0.3 is 5.32 Å². The molecule has 1 amide bonds. The van der Waals surface area contributed by atoms with Crippen LogP contribution in [0.25, 0.3) is 0 Å². The molecule has 1 aromatic heterocycles. The first-order valence-corrected chi connectivity index (χ1v) is 8.00. The standard InChI is InChI=1S/C14H22BrN3O/c1-2-13(18-10-11(15)9-16-18)14(19)17-12-7-5-3-4-6-8-12/h9-10,12-13H,2-8H2,1H3,(H,17,19). The fourth-order valence-corrected chi connectivity index (χ4v) is 3.00. The summed E-state index contributed by atoms with van der Waals surface area (Å²) in [5, 5.41) is 7.43. The number of carbonyl (C=O) groups excluding carboxylic acids is 1. The molecule has 2 rings (SSSR count). The van der Waals surface area contributed by atoms with Crippen molar-refractivity contribution in [2.75, 3.05) is 0 Å². The quantitative estimate of drug-likeness (QED) is 0.861. The molecule has 1 fully saturated rings. The number of nitrogens with zero attached hydrogens (tertiary/aromatic N) is 2. The van der Waals surface area contributed by atoms with Crippen LogP contribution in [0.4, 0.5) is 0 Å². The van der Waals surface area contributed by atoms with E-state index in [4.69, 9.17) is 0 Å². The van der Waals surface area contributed by atoms with Gasteiger partial charge in [-0.25, -0.2) is 0 Å². The van der Waals surface area contributed by atoms with Crippen molar-refractivity contribution in [3.63, 3.8) is 0 Å². The Kier molecular flexibility index (Phi) is 5.43. The van der Waals surface area contributed by atoms with Gasteiger partial charge in [0.1, 0.15) is 6.04 Å². The van der Waals surface area contributed by atoms with Gasteiger partial charge in [-0.2, -0.15) is 5.10 Å². The van der Waals surface area contributed by atoms with Crippen molar-refractivity contribution in [3.8, 4) is 0 Å². The summed E-state index contributed by atoms with van der Waals surface area (Å²) in [5.74, 6) is 0.102. The predicted molar refractivity (Wildman–Crippen MR) is 78.9 cm³/mol.